The van der Waals surface area contributed by atoms with Crippen molar-refractivity contribution in [1.29, 1.82) is 0 Å². The number of carbonyl (C=O) groups excluding carboxylic acids is 2. The van der Waals surface area contributed by atoms with Gasteiger partial charge in [-0.1, -0.05) is 42.5 Å². The molecular formula is C23H19FN2O3. The number of fused-ring (bicyclic) bond motifs is 1. The maximum atomic E-state index is 13.8. The highest BCUT2D eigenvalue weighted by molar-refractivity contribution is 6.12. The summed E-state index contributed by atoms with van der Waals surface area (Å²) in [5.74, 6) is -1.65. The van der Waals surface area contributed by atoms with Gasteiger partial charge in [-0.15, -0.1) is 0 Å². The predicted molar refractivity (Wildman–Crippen MR) is 108 cm³/mol. The Bertz CT molecular complexity index is 1110. The zero-order chi connectivity index (χ0) is 20.6. The molecule has 29 heavy (non-hydrogen) atoms. The van der Waals surface area contributed by atoms with E-state index in [0.717, 1.165) is 11.6 Å². The van der Waals surface area contributed by atoms with Crippen molar-refractivity contribution >= 4 is 23.2 Å². The lowest BCUT2D eigenvalue weighted by molar-refractivity contribution is -0.133. The van der Waals surface area contributed by atoms with E-state index in [-0.39, 0.29) is 12.1 Å². The molecule has 6 heteroatoms. The van der Waals surface area contributed by atoms with Gasteiger partial charge in [0.05, 0.1) is 5.69 Å². The maximum absolute atomic E-state index is 13.8. The summed E-state index contributed by atoms with van der Waals surface area (Å²) in [6.45, 7) is 1.64. The molecule has 0 saturated carbocycles. The van der Waals surface area contributed by atoms with E-state index >= 15 is 0 Å². The number of anilines is 2. The Morgan fingerprint density at radius 2 is 1.83 bits per heavy atom. The molecule has 3 aromatic carbocycles. The fourth-order valence-corrected chi connectivity index (χ4v) is 3.65. The molecule has 5 nitrogen and oxygen atoms in total. The van der Waals surface area contributed by atoms with Crippen LogP contribution in [0.2, 0.25) is 0 Å². The van der Waals surface area contributed by atoms with Gasteiger partial charge in [-0.25, -0.2) is 4.39 Å². The summed E-state index contributed by atoms with van der Waals surface area (Å²) in [4.78, 5) is 27.0. The fraction of sp³-hybridized carbons (Fsp3) is 0.130. The van der Waals surface area contributed by atoms with Crippen molar-refractivity contribution in [2.45, 2.75) is 12.5 Å². The van der Waals surface area contributed by atoms with Gasteiger partial charge in [0.1, 0.15) is 12.4 Å². The van der Waals surface area contributed by atoms with Gasteiger partial charge >= 0.3 is 0 Å². The molecule has 4 rings (SSSR count). The third-order valence-corrected chi connectivity index (χ3v) is 4.99. The van der Waals surface area contributed by atoms with Gasteiger partial charge < -0.3 is 10.4 Å². The van der Waals surface area contributed by atoms with Crippen LogP contribution in [0.5, 0.6) is 0 Å². The number of carbonyl (C=O) groups is 2. The number of nitrogens with one attached hydrogen (secondary N) is 1. The number of hydrogen-bond acceptors (Lipinski definition) is 3. The molecule has 1 atom stereocenters. The van der Waals surface area contributed by atoms with Crippen LogP contribution < -0.4 is 10.2 Å². The highest BCUT2D eigenvalue weighted by Gasteiger charge is 2.51. The van der Waals surface area contributed by atoms with Crippen LogP contribution in [-0.2, 0) is 15.2 Å². The minimum atomic E-state index is -2.05. The number of aryl methyl sites for hydroxylation is 1. The van der Waals surface area contributed by atoms with E-state index in [9.17, 15) is 19.1 Å². The maximum Gasteiger partial charge on any atom is 0.268 e. The van der Waals surface area contributed by atoms with Gasteiger partial charge in [0.2, 0.25) is 5.91 Å². The lowest BCUT2D eigenvalue weighted by atomic mass is 9.87. The van der Waals surface area contributed by atoms with Gasteiger partial charge in [0.15, 0.2) is 5.60 Å². The normalized spacial score (nSPS) is 17.9. The van der Waals surface area contributed by atoms with E-state index in [2.05, 4.69) is 5.32 Å². The van der Waals surface area contributed by atoms with E-state index in [1.165, 1.54) is 23.1 Å². The molecule has 0 radical (unpaired) electrons. The number of aliphatic hydroxyl groups is 1. The molecule has 1 aliphatic heterocycles. The zero-order valence-corrected chi connectivity index (χ0v) is 15.7. The SMILES string of the molecule is Cc1cccc(NC(=O)CN2C(=O)C(O)(c3cccc(F)c3)c3ccccc32)c1. The van der Waals surface area contributed by atoms with E-state index in [4.69, 9.17) is 0 Å². The molecule has 2 amide bonds. The number of hydrogen-bond donors (Lipinski definition) is 2. The largest absolute Gasteiger partial charge is 0.372 e. The molecule has 2 N–H and O–H groups in total. The summed E-state index contributed by atoms with van der Waals surface area (Å²) in [6.07, 6.45) is 0. The molecule has 146 valence electrons. The second-order valence-corrected chi connectivity index (χ2v) is 7.05. The van der Waals surface area contributed by atoms with Gasteiger partial charge in [0, 0.05) is 16.8 Å². The first-order valence-electron chi connectivity index (χ1n) is 9.16. The molecule has 0 saturated heterocycles. The third-order valence-electron chi connectivity index (χ3n) is 4.99. The summed E-state index contributed by atoms with van der Waals surface area (Å²) >= 11 is 0. The fourth-order valence-electron chi connectivity index (χ4n) is 3.65. The smallest absolute Gasteiger partial charge is 0.268 e. The monoisotopic (exact) mass is 390 g/mol. The Kier molecular flexibility index (Phi) is 4.64. The number of rotatable bonds is 4. The Labute approximate surface area is 167 Å². The molecule has 1 aliphatic rings. The number of amides is 2. The van der Waals surface area contributed by atoms with Crippen LogP contribution in [0.25, 0.3) is 0 Å². The van der Waals surface area contributed by atoms with Crippen LogP contribution in [0.4, 0.5) is 15.8 Å². The summed E-state index contributed by atoms with van der Waals surface area (Å²) in [5.41, 5.74) is 0.419. The van der Waals surface area contributed by atoms with Crippen molar-refractivity contribution in [3.05, 3.63) is 95.3 Å². The highest BCUT2D eigenvalue weighted by atomic mass is 19.1. The molecule has 0 aliphatic carbocycles. The first-order chi connectivity index (χ1) is 13.9. The minimum Gasteiger partial charge on any atom is -0.372 e. The Morgan fingerprint density at radius 1 is 1.07 bits per heavy atom. The number of nitrogens with zero attached hydrogens (tertiary/aromatic N) is 1. The zero-order valence-electron chi connectivity index (χ0n) is 15.7. The van der Waals surface area contributed by atoms with Crippen molar-refractivity contribution in [3.63, 3.8) is 0 Å². The molecule has 1 heterocycles. The second kappa shape index (κ2) is 7.14. The molecule has 3 aromatic rings. The van der Waals surface area contributed by atoms with E-state index in [1.54, 1.807) is 30.3 Å². The van der Waals surface area contributed by atoms with Crippen molar-refractivity contribution in [2.24, 2.45) is 0 Å². The summed E-state index contributed by atoms with van der Waals surface area (Å²) < 4.78 is 13.8. The lowest BCUT2D eigenvalue weighted by Crippen LogP contribution is -2.44. The van der Waals surface area contributed by atoms with Gasteiger partial charge in [-0.2, -0.15) is 0 Å². The van der Waals surface area contributed by atoms with Crippen LogP contribution in [-0.4, -0.2) is 23.5 Å². The molecule has 0 fully saturated rings. The van der Waals surface area contributed by atoms with Crippen LogP contribution in [0, 0.1) is 12.7 Å². The molecule has 0 bridgehead atoms. The van der Waals surface area contributed by atoms with Crippen LogP contribution in [0.1, 0.15) is 16.7 Å². The highest BCUT2D eigenvalue weighted by Crippen LogP contribution is 2.44. The van der Waals surface area contributed by atoms with Crippen molar-refractivity contribution in [1.82, 2.24) is 0 Å². The van der Waals surface area contributed by atoms with E-state index in [1.807, 2.05) is 25.1 Å². The van der Waals surface area contributed by atoms with E-state index < -0.39 is 23.2 Å². The number of benzene rings is 3. The number of para-hydroxylation sites is 1. The quantitative estimate of drug-likeness (QED) is 0.718. The van der Waals surface area contributed by atoms with Gasteiger partial charge in [-0.05, 0) is 42.8 Å². The first kappa shape index (κ1) is 18.8. The molecular weight excluding hydrogens is 371 g/mol. The van der Waals surface area contributed by atoms with Crippen LogP contribution >= 0.6 is 0 Å². The average molecular weight is 390 g/mol. The second-order valence-electron chi connectivity index (χ2n) is 7.05. The summed E-state index contributed by atoms with van der Waals surface area (Å²) in [5, 5.41) is 14.1. The molecule has 0 aromatic heterocycles. The Balaban J connectivity index is 1.67. The summed E-state index contributed by atoms with van der Waals surface area (Å²) in [7, 11) is 0. The lowest BCUT2D eigenvalue weighted by Gasteiger charge is -2.23. The Morgan fingerprint density at radius 3 is 2.59 bits per heavy atom. The van der Waals surface area contributed by atoms with E-state index in [0.29, 0.717) is 16.9 Å². The van der Waals surface area contributed by atoms with Crippen molar-refractivity contribution < 1.29 is 19.1 Å². The molecule has 0 spiro atoms. The minimum absolute atomic E-state index is 0.122. The van der Waals surface area contributed by atoms with Crippen LogP contribution in [0.3, 0.4) is 0 Å². The Hall–Kier alpha value is -3.51. The first-order valence-corrected chi connectivity index (χ1v) is 9.16. The standard InChI is InChI=1S/C23H19FN2O3/c1-15-6-4-9-18(12-15)25-21(27)14-26-20-11-3-2-10-19(20)23(29,22(26)28)16-7-5-8-17(24)13-16/h2-13,29H,14H2,1H3,(H,25,27). The summed E-state index contributed by atoms with van der Waals surface area (Å²) in [6, 6.07) is 19.3. The van der Waals surface area contributed by atoms with Crippen molar-refractivity contribution in [2.75, 3.05) is 16.8 Å². The molecule has 1 unspecified atom stereocenters. The average Bonchev–Trinajstić information content (AvgIpc) is 2.91. The third kappa shape index (κ3) is 3.28. The van der Waals surface area contributed by atoms with Crippen molar-refractivity contribution in [3.8, 4) is 0 Å². The van der Waals surface area contributed by atoms with Crippen LogP contribution in [0.15, 0.2) is 72.8 Å². The predicted octanol–water partition coefficient (Wildman–Crippen LogP) is 3.36. The number of halogens is 1. The topological polar surface area (TPSA) is 69.6 Å². The van der Waals surface area contributed by atoms with Gasteiger partial charge in [-0.3, -0.25) is 14.5 Å². The van der Waals surface area contributed by atoms with Gasteiger partial charge in [0.25, 0.3) is 5.91 Å².